The minimum absolute atomic E-state index is 0.773. The number of nitrogens with zero attached hydrogens (tertiary/aromatic N) is 1. The van der Waals surface area contributed by atoms with Gasteiger partial charge >= 0.3 is 0 Å². The van der Waals surface area contributed by atoms with Crippen molar-refractivity contribution in [2.45, 2.75) is 33.1 Å². The molecular weight excluding hydrogens is 266 g/mol. The van der Waals surface area contributed by atoms with Gasteiger partial charge in [-0.25, -0.2) is 4.98 Å². The molecule has 102 valence electrons. The maximum absolute atomic E-state index is 6.07. The number of aromatic nitrogens is 1. The SMILES string of the molecule is CCCCc1cc(Cl)ccc1C#Cc1cccc(C)n1. The molecular formula is C18H18ClN. The molecule has 1 aromatic carbocycles. The monoisotopic (exact) mass is 283 g/mol. The Balaban J connectivity index is 2.29. The van der Waals surface area contributed by atoms with E-state index in [0.717, 1.165) is 34.8 Å². The van der Waals surface area contributed by atoms with Crippen LogP contribution < -0.4 is 0 Å². The summed E-state index contributed by atoms with van der Waals surface area (Å²) in [6, 6.07) is 11.8. The number of pyridine rings is 1. The summed E-state index contributed by atoms with van der Waals surface area (Å²) >= 11 is 6.07. The summed E-state index contributed by atoms with van der Waals surface area (Å²) < 4.78 is 0. The van der Waals surface area contributed by atoms with Crippen LogP contribution in [0.25, 0.3) is 0 Å². The van der Waals surface area contributed by atoms with Crippen LogP contribution in [-0.4, -0.2) is 4.98 Å². The molecule has 0 aliphatic carbocycles. The predicted molar refractivity (Wildman–Crippen MR) is 85.0 cm³/mol. The van der Waals surface area contributed by atoms with Gasteiger partial charge in [-0.1, -0.05) is 36.9 Å². The van der Waals surface area contributed by atoms with Crippen LogP contribution in [0.4, 0.5) is 0 Å². The third-order valence-corrected chi connectivity index (χ3v) is 3.32. The van der Waals surface area contributed by atoms with Crippen molar-refractivity contribution in [1.29, 1.82) is 0 Å². The quantitative estimate of drug-likeness (QED) is 0.738. The Morgan fingerprint density at radius 3 is 2.75 bits per heavy atom. The Kier molecular flexibility index (Phi) is 5.21. The van der Waals surface area contributed by atoms with Crippen molar-refractivity contribution in [2.24, 2.45) is 0 Å². The maximum Gasteiger partial charge on any atom is 0.113 e. The zero-order valence-corrected chi connectivity index (χ0v) is 12.7. The van der Waals surface area contributed by atoms with Crippen molar-refractivity contribution < 1.29 is 0 Å². The molecule has 0 aliphatic rings. The van der Waals surface area contributed by atoms with E-state index in [0.29, 0.717) is 0 Å². The number of halogens is 1. The molecule has 2 heteroatoms. The first kappa shape index (κ1) is 14.6. The van der Waals surface area contributed by atoms with Gasteiger partial charge in [0, 0.05) is 16.3 Å². The van der Waals surface area contributed by atoms with Crippen molar-refractivity contribution in [2.75, 3.05) is 0 Å². The van der Waals surface area contributed by atoms with Crippen LogP contribution in [0.15, 0.2) is 36.4 Å². The Hall–Kier alpha value is -1.78. The third kappa shape index (κ3) is 4.11. The third-order valence-electron chi connectivity index (χ3n) is 3.08. The zero-order chi connectivity index (χ0) is 14.4. The molecule has 0 amide bonds. The van der Waals surface area contributed by atoms with Crippen molar-refractivity contribution in [1.82, 2.24) is 4.98 Å². The molecule has 0 aliphatic heterocycles. The van der Waals surface area contributed by atoms with Crippen LogP contribution in [0.2, 0.25) is 5.02 Å². The van der Waals surface area contributed by atoms with E-state index in [-0.39, 0.29) is 0 Å². The van der Waals surface area contributed by atoms with Gasteiger partial charge in [0.15, 0.2) is 0 Å². The molecule has 0 saturated carbocycles. The minimum atomic E-state index is 0.773. The van der Waals surface area contributed by atoms with Crippen LogP contribution in [0.1, 0.15) is 42.3 Å². The van der Waals surface area contributed by atoms with E-state index in [1.807, 2.05) is 43.3 Å². The van der Waals surface area contributed by atoms with Crippen molar-refractivity contribution in [3.63, 3.8) is 0 Å². The second-order valence-corrected chi connectivity index (χ2v) is 5.26. The molecule has 1 heterocycles. The van der Waals surface area contributed by atoms with E-state index < -0.39 is 0 Å². The lowest BCUT2D eigenvalue weighted by Crippen LogP contribution is -1.91. The van der Waals surface area contributed by atoms with Gasteiger partial charge in [0.2, 0.25) is 0 Å². The number of aryl methyl sites for hydroxylation is 2. The number of benzene rings is 1. The highest BCUT2D eigenvalue weighted by Crippen LogP contribution is 2.17. The molecule has 0 bridgehead atoms. The largest absolute Gasteiger partial charge is 0.245 e. The van der Waals surface area contributed by atoms with E-state index in [4.69, 9.17) is 11.6 Å². The fourth-order valence-corrected chi connectivity index (χ4v) is 2.20. The molecule has 1 aromatic heterocycles. The first-order valence-corrected chi connectivity index (χ1v) is 7.31. The molecule has 2 aromatic rings. The lowest BCUT2D eigenvalue weighted by atomic mass is 10.0. The summed E-state index contributed by atoms with van der Waals surface area (Å²) in [4.78, 5) is 4.40. The van der Waals surface area contributed by atoms with Crippen LogP contribution >= 0.6 is 11.6 Å². The molecule has 0 unspecified atom stereocenters. The maximum atomic E-state index is 6.07. The average molecular weight is 284 g/mol. The van der Waals surface area contributed by atoms with Gasteiger partial charge in [-0.3, -0.25) is 0 Å². The van der Waals surface area contributed by atoms with E-state index in [1.54, 1.807) is 0 Å². The first-order chi connectivity index (χ1) is 9.69. The van der Waals surface area contributed by atoms with Crippen molar-refractivity contribution in [3.8, 4) is 11.8 Å². The lowest BCUT2D eigenvalue weighted by molar-refractivity contribution is 0.794. The van der Waals surface area contributed by atoms with Gasteiger partial charge in [0.05, 0.1) is 0 Å². The first-order valence-electron chi connectivity index (χ1n) is 6.93. The highest BCUT2D eigenvalue weighted by atomic mass is 35.5. The second kappa shape index (κ2) is 7.12. The standard InChI is InChI=1S/C18H18ClN/c1-3-4-7-16-13-17(19)11-9-15(16)10-12-18-8-5-6-14(2)20-18/h5-6,8-9,11,13H,3-4,7H2,1-2H3. The number of unbranched alkanes of at least 4 members (excludes halogenated alkanes) is 1. The normalized spacial score (nSPS) is 9.95. The summed E-state index contributed by atoms with van der Waals surface area (Å²) in [5.74, 6) is 6.36. The molecule has 1 nitrogen and oxygen atoms in total. The van der Waals surface area contributed by atoms with Crippen molar-refractivity contribution >= 4 is 11.6 Å². The summed E-state index contributed by atoms with van der Waals surface area (Å²) in [6.07, 6.45) is 3.33. The van der Waals surface area contributed by atoms with Gasteiger partial charge in [-0.15, -0.1) is 0 Å². The summed E-state index contributed by atoms with van der Waals surface area (Å²) in [5, 5.41) is 0.773. The predicted octanol–water partition coefficient (Wildman–Crippen LogP) is 4.79. The van der Waals surface area contributed by atoms with E-state index >= 15 is 0 Å². The smallest absolute Gasteiger partial charge is 0.113 e. The molecule has 0 radical (unpaired) electrons. The topological polar surface area (TPSA) is 12.9 Å². The van der Waals surface area contributed by atoms with Gasteiger partial charge in [-0.2, -0.15) is 0 Å². The average Bonchev–Trinajstić information content (AvgIpc) is 2.44. The Bertz CT molecular complexity index is 650. The molecule has 0 N–H and O–H groups in total. The van der Waals surface area contributed by atoms with Crippen LogP contribution in [0.5, 0.6) is 0 Å². The van der Waals surface area contributed by atoms with Gasteiger partial charge in [0.25, 0.3) is 0 Å². The molecule has 0 fully saturated rings. The number of hydrogen-bond donors (Lipinski definition) is 0. The van der Waals surface area contributed by atoms with Gasteiger partial charge < -0.3 is 0 Å². The van der Waals surface area contributed by atoms with E-state index in [1.165, 1.54) is 12.0 Å². The van der Waals surface area contributed by atoms with Crippen LogP contribution in [-0.2, 0) is 6.42 Å². The zero-order valence-electron chi connectivity index (χ0n) is 11.9. The van der Waals surface area contributed by atoms with E-state index in [2.05, 4.69) is 23.7 Å². The Labute approximate surface area is 126 Å². The second-order valence-electron chi connectivity index (χ2n) is 4.82. The number of hydrogen-bond acceptors (Lipinski definition) is 1. The van der Waals surface area contributed by atoms with E-state index in [9.17, 15) is 0 Å². The highest BCUT2D eigenvalue weighted by Gasteiger charge is 2.01. The molecule has 20 heavy (non-hydrogen) atoms. The Morgan fingerprint density at radius 2 is 2.00 bits per heavy atom. The van der Waals surface area contributed by atoms with Gasteiger partial charge in [-0.05, 0) is 61.6 Å². The number of rotatable bonds is 3. The van der Waals surface area contributed by atoms with Crippen LogP contribution in [0, 0.1) is 18.8 Å². The lowest BCUT2D eigenvalue weighted by Gasteiger charge is -2.04. The summed E-state index contributed by atoms with van der Waals surface area (Å²) in [6.45, 7) is 4.16. The fourth-order valence-electron chi connectivity index (χ4n) is 2.00. The Morgan fingerprint density at radius 1 is 1.15 bits per heavy atom. The fraction of sp³-hybridized carbons (Fsp3) is 0.278. The summed E-state index contributed by atoms with van der Waals surface area (Å²) in [7, 11) is 0. The van der Waals surface area contributed by atoms with Crippen LogP contribution in [0.3, 0.4) is 0 Å². The highest BCUT2D eigenvalue weighted by molar-refractivity contribution is 6.30. The van der Waals surface area contributed by atoms with Crippen molar-refractivity contribution in [3.05, 3.63) is 63.9 Å². The van der Waals surface area contributed by atoms with Gasteiger partial charge in [0.1, 0.15) is 5.69 Å². The molecule has 0 spiro atoms. The molecule has 2 rings (SSSR count). The summed E-state index contributed by atoms with van der Waals surface area (Å²) in [5.41, 5.74) is 4.06. The minimum Gasteiger partial charge on any atom is -0.245 e. The molecule has 0 saturated heterocycles. The molecule has 0 atom stereocenters.